The molecule has 0 aliphatic heterocycles. The molecule has 0 saturated heterocycles. The van der Waals surface area contributed by atoms with E-state index in [1.165, 1.54) is 89.4 Å². The van der Waals surface area contributed by atoms with E-state index < -0.39 is 11.9 Å². The SMILES string of the molecule is Cc1c(C(=O)O)cccc1C(=O)O.Clc1ccc2c(c1)=CC(CCc1ccc(C3CC3)nc1)c1c3c(ccc1=2)=CCCC3. The average molecular weight is 592 g/mol. The Balaban J connectivity index is 0.000000214. The summed E-state index contributed by atoms with van der Waals surface area (Å²) in [5.41, 5.74) is 6.09. The van der Waals surface area contributed by atoms with Crippen LogP contribution in [0.5, 0.6) is 0 Å². The minimum absolute atomic E-state index is 0.0277. The van der Waals surface area contributed by atoms with E-state index in [1.54, 1.807) is 11.1 Å². The summed E-state index contributed by atoms with van der Waals surface area (Å²) >= 11 is 6.35. The number of aromatic nitrogens is 1. The number of carboxylic acids is 2. The van der Waals surface area contributed by atoms with Gasteiger partial charge in [0.25, 0.3) is 0 Å². The molecule has 1 atom stereocenters. The van der Waals surface area contributed by atoms with Gasteiger partial charge >= 0.3 is 11.9 Å². The maximum Gasteiger partial charge on any atom is 0.335 e. The molecule has 1 saturated carbocycles. The van der Waals surface area contributed by atoms with Crippen molar-refractivity contribution in [3.63, 3.8) is 0 Å². The van der Waals surface area contributed by atoms with Gasteiger partial charge in [-0.2, -0.15) is 0 Å². The fraction of sp³-hybridized carbons (Fsp3) is 0.270. The lowest BCUT2D eigenvalue weighted by molar-refractivity contribution is 0.0696. The molecule has 2 N–H and O–H groups in total. The Bertz CT molecular complexity index is 1910. The van der Waals surface area contributed by atoms with Crippen molar-refractivity contribution in [1.82, 2.24) is 4.98 Å². The maximum atomic E-state index is 10.6. The Morgan fingerprint density at radius 1 is 0.930 bits per heavy atom. The Labute approximate surface area is 255 Å². The van der Waals surface area contributed by atoms with Gasteiger partial charge in [0.05, 0.1) is 11.1 Å². The number of hydrogen-bond donors (Lipinski definition) is 2. The van der Waals surface area contributed by atoms with Gasteiger partial charge in [-0.05, 0) is 125 Å². The zero-order chi connectivity index (χ0) is 30.1. The van der Waals surface area contributed by atoms with Crippen molar-refractivity contribution in [3.05, 3.63) is 132 Å². The first-order valence-electron chi connectivity index (χ1n) is 14.9. The highest BCUT2D eigenvalue weighted by Crippen LogP contribution is 2.39. The van der Waals surface area contributed by atoms with Crippen molar-refractivity contribution >= 4 is 35.7 Å². The summed E-state index contributed by atoms with van der Waals surface area (Å²) in [6, 6.07) is 19.7. The van der Waals surface area contributed by atoms with Crippen LogP contribution in [0.4, 0.5) is 0 Å². The van der Waals surface area contributed by atoms with Crippen LogP contribution in [0.2, 0.25) is 5.02 Å². The number of pyridine rings is 1. The molecule has 3 aromatic carbocycles. The molecule has 1 heterocycles. The standard InChI is InChI=1S/C28H26ClN.C9H8O4/c29-23-11-13-24-22(16-23)15-21(7-5-18-6-14-27(30-17-18)20-8-9-20)28-25-4-2-1-3-19(25)10-12-26(24)28;1-5-6(8(10)11)3-2-4-7(5)9(12)13/h3,6,10-17,20-21H,1-2,4-5,7-9H2;2-4H,1H3,(H,10,11)(H,12,13). The number of aromatic carboxylic acids is 2. The first-order chi connectivity index (χ1) is 20.8. The van der Waals surface area contributed by atoms with E-state index in [1.807, 2.05) is 6.07 Å². The van der Waals surface area contributed by atoms with Gasteiger partial charge in [-0.1, -0.05) is 54.1 Å². The van der Waals surface area contributed by atoms with Gasteiger partial charge in [0.15, 0.2) is 0 Å². The predicted molar refractivity (Wildman–Crippen MR) is 169 cm³/mol. The lowest BCUT2D eigenvalue weighted by atomic mass is 9.80. The van der Waals surface area contributed by atoms with Crippen molar-refractivity contribution in [2.45, 2.75) is 63.7 Å². The van der Waals surface area contributed by atoms with Gasteiger partial charge in [0.1, 0.15) is 0 Å². The number of carboxylic acid groups (broad SMARTS) is 2. The van der Waals surface area contributed by atoms with E-state index in [4.69, 9.17) is 26.8 Å². The third kappa shape index (κ3) is 6.14. The Kier molecular flexibility index (Phi) is 8.18. The number of rotatable bonds is 6. The van der Waals surface area contributed by atoms with Gasteiger partial charge in [0.2, 0.25) is 0 Å². The molecule has 218 valence electrons. The number of halogens is 1. The smallest absolute Gasteiger partial charge is 0.335 e. The molecule has 4 aromatic rings. The Hall–Kier alpha value is -4.22. The molecule has 43 heavy (non-hydrogen) atoms. The van der Waals surface area contributed by atoms with Crippen LogP contribution < -0.4 is 10.4 Å². The summed E-state index contributed by atoms with van der Waals surface area (Å²) in [6.45, 7) is 1.48. The van der Waals surface area contributed by atoms with E-state index in [0.29, 0.717) is 5.92 Å². The lowest BCUT2D eigenvalue weighted by Crippen LogP contribution is -2.22. The molecule has 0 spiro atoms. The molecular formula is C37H34ClNO4. The highest BCUT2D eigenvalue weighted by atomic mass is 35.5. The van der Waals surface area contributed by atoms with Crippen molar-refractivity contribution < 1.29 is 19.8 Å². The van der Waals surface area contributed by atoms with Gasteiger partial charge in [-0.25, -0.2) is 9.59 Å². The van der Waals surface area contributed by atoms with Crippen LogP contribution in [0, 0.1) is 17.4 Å². The monoisotopic (exact) mass is 591 g/mol. The fourth-order valence-corrected chi connectivity index (χ4v) is 6.60. The van der Waals surface area contributed by atoms with Crippen molar-refractivity contribution in [3.8, 4) is 0 Å². The highest BCUT2D eigenvalue weighted by Gasteiger charge is 2.25. The van der Waals surface area contributed by atoms with E-state index in [-0.39, 0.29) is 16.7 Å². The van der Waals surface area contributed by atoms with Crippen molar-refractivity contribution in [2.75, 3.05) is 0 Å². The zero-order valence-corrected chi connectivity index (χ0v) is 24.9. The molecule has 1 unspecified atom stereocenters. The first kappa shape index (κ1) is 28.9. The summed E-state index contributed by atoms with van der Waals surface area (Å²) < 4.78 is 0. The third-order valence-electron chi connectivity index (χ3n) is 8.83. The number of hydrogen-bond acceptors (Lipinski definition) is 3. The minimum Gasteiger partial charge on any atom is -0.478 e. The molecule has 7 rings (SSSR count). The summed E-state index contributed by atoms with van der Waals surface area (Å²) in [7, 11) is 0. The van der Waals surface area contributed by atoms with Crippen LogP contribution >= 0.6 is 11.6 Å². The molecule has 0 bridgehead atoms. The van der Waals surface area contributed by atoms with E-state index in [0.717, 1.165) is 23.8 Å². The summed E-state index contributed by atoms with van der Waals surface area (Å²) in [4.78, 5) is 25.9. The van der Waals surface area contributed by atoms with Crippen LogP contribution in [0.1, 0.15) is 92.6 Å². The number of carbonyl (C=O) groups is 2. The minimum atomic E-state index is -1.11. The van der Waals surface area contributed by atoms with Crippen LogP contribution in [0.15, 0.2) is 66.9 Å². The van der Waals surface area contributed by atoms with Crippen molar-refractivity contribution in [2.24, 2.45) is 0 Å². The molecule has 3 aliphatic rings. The van der Waals surface area contributed by atoms with E-state index >= 15 is 0 Å². The second-order valence-electron chi connectivity index (χ2n) is 11.7. The van der Waals surface area contributed by atoms with Crippen LogP contribution in [-0.2, 0) is 12.8 Å². The average Bonchev–Trinajstić information content (AvgIpc) is 3.86. The first-order valence-corrected chi connectivity index (χ1v) is 15.3. The van der Waals surface area contributed by atoms with Gasteiger partial charge in [-0.3, -0.25) is 4.98 Å². The maximum absolute atomic E-state index is 10.6. The fourth-order valence-electron chi connectivity index (χ4n) is 6.42. The van der Waals surface area contributed by atoms with Crippen LogP contribution in [-0.4, -0.2) is 27.1 Å². The highest BCUT2D eigenvalue weighted by molar-refractivity contribution is 6.30. The van der Waals surface area contributed by atoms with E-state index in [9.17, 15) is 9.59 Å². The predicted octanol–water partition coefficient (Wildman–Crippen LogP) is 6.92. The number of fused-ring (bicyclic) bond motifs is 4. The molecule has 0 radical (unpaired) electrons. The van der Waals surface area contributed by atoms with Gasteiger partial charge < -0.3 is 10.2 Å². The molecule has 6 heteroatoms. The normalized spacial score (nSPS) is 16.3. The van der Waals surface area contributed by atoms with Gasteiger partial charge in [-0.15, -0.1) is 0 Å². The van der Waals surface area contributed by atoms with Crippen molar-refractivity contribution in [1.29, 1.82) is 0 Å². The third-order valence-corrected chi connectivity index (χ3v) is 9.06. The molecule has 3 aliphatic carbocycles. The lowest BCUT2D eigenvalue weighted by Gasteiger charge is -2.24. The topological polar surface area (TPSA) is 87.5 Å². The Morgan fingerprint density at radius 3 is 2.35 bits per heavy atom. The Morgan fingerprint density at radius 2 is 1.67 bits per heavy atom. The second-order valence-corrected chi connectivity index (χ2v) is 12.1. The summed E-state index contributed by atoms with van der Waals surface area (Å²) in [5.74, 6) is -1.07. The quantitative estimate of drug-likeness (QED) is 0.254. The van der Waals surface area contributed by atoms with Crippen LogP contribution in [0.3, 0.4) is 0 Å². The molecular weight excluding hydrogens is 558 g/mol. The zero-order valence-electron chi connectivity index (χ0n) is 24.1. The summed E-state index contributed by atoms with van der Waals surface area (Å²) in [5, 5.41) is 23.6. The number of nitrogens with zero attached hydrogens (tertiary/aromatic N) is 1. The molecule has 5 nitrogen and oxygen atoms in total. The van der Waals surface area contributed by atoms with Gasteiger partial charge in [0, 0.05) is 28.7 Å². The van der Waals surface area contributed by atoms with E-state index in [2.05, 4.69) is 54.7 Å². The molecule has 0 amide bonds. The molecule has 1 aromatic heterocycles. The summed E-state index contributed by atoms with van der Waals surface area (Å²) in [6.07, 6.45) is 15.4. The number of benzene rings is 3. The number of aryl methyl sites for hydroxylation is 1. The largest absolute Gasteiger partial charge is 0.478 e. The van der Waals surface area contributed by atoms with Crippen LogP contribution in [0.25, 0.3) is 12.2 Å². The second kappa shape index (κ2) is 12.2. The molecule has 1 fully saturated rings.